The summed E-state index contributed by atoms with van der Waals surface area (Å²) >= 11 is 1.47. The van der Waals surface area contributed by atoms with Crippen molar-refractivity contribution in [3.05, 3.63) is 99.5 Å². The van der Waals surface area contributed by atoms with E-state index in [1.165, 1.54) is 16.2 Å². The van der Waals surface area contributed by atoms with Crippen LogP contribution in [0.25, 0.3) is 21.8 Å². The van der Waals surface area contributed by atoms with Crippen LogP contribution in [0.2, 0.25) is 0 Å². The lowest BCUT2D eigenvalue weighted by atomic mass is 10.0. The van der Waals surface area contributed by atoms with Gasteiger partial charge < -0.3 is 19.9 Å². The molecule has 0 fully saturated rings. The number of thiophene rings is 1. The summed E-state index contributed by atoms with van der Waals surface area (Å²) in [6.07, 6.45) is 0.684. The van der Waals surface area contributed by atoms with E-state index in [1.54, 1.807) is 24.7 Å². The van der Waals surface area contributed by atoms with Crippen molar-refractivity contribution in [3.63, 3.8) is 0 Å². The van der Waals surface area contributed by atoms with E-state index in [2.05, 4.69) is 0 Å². The second kappa shape index (κ2) is 13.1. The zero-order chi connectivity index (χ0) is 30.6. The first-order valence-electron chi connectivity index (χ1n) is 13.9. The highest BCUT2D eigenvalue weighted by Crippen LogP contribution is 2.28. The minimum absolute atomic E-state index is 0.0250. The summed E-state index contributed by atoms with van der Waals surface area (Å²) in [7, 11) is -0.0468. The summed E-state index contributed by atoms with van der Waals surface area (Å²) in [6, 6.07) is 18.9. The van der Waals surface area contributed by atoms with E-state index in [1.807, 2.05) is 65.4 Å². The Morgan fingerprint density at radius 1 is 1.00 bits per heavy atom. The van der Waals surface area contributed by atoms with Gasteiger partial charge in [0.15, 0.2) is 9.84 Å². The average Bonchev–Trinajstić information content (AvgIpc) is 3.61. The van der Waals surface area contributed by atoms with E-state index in [-0.39, 0.29) is 43.5 Å². The van der Waals surface area contributed by atoms with Crippen LogP contribution in [0.5, 0.6) is 0 Å². The molecule has 3 aromatic heterocycles. The first-order valence-corrected chi connectivity index (χ1v) is 16.7. The number of ether oxygens (including phenoxy) is 1. The van der Waals surface area contributed by atoms with Gasteiger partial charge in [-0.3, -0.25) is 4.79 Å². The predicted molar refractivity (Wildman–Crippen MR) is 170 cm³/mol. The van der Waals surface area contributed by atoms with Gasteiger partial charge in [-0.1, -0.05) is 36.4 Å². The molecule has 0 aliphatic carbocycles. The molecular weight excluding hydrogens is 585 g/mol. The molecular formula is C32H34N4O5S2. The van der Waals surface area contributed by atoms with E-state index >= 15 is 0 Å². The Morgan fingerprint density at radius 3 is 2.53 bits per heavy atom. The standard InChI is InChI=1S/C32H34N4O5S2/c1-35(2)30(37)8-5-12-41-32(38)29-16-25-9-10-27(17-33)34-31(25)36(29)18-26-15-23(14-24-6-3-4-7-28(24)26)21-43(39,40)20-22-11-13-42-19-22/h3-4,6-7,9-11,13-16,19H,5,8,12,17-18,20-21,33H2,1-2H3. The highest BCUT2D eigenvalue weighted by atomic mass is 32.2. The SMILES string of the molecule is CN(C)C(=O)CCCOC(=O)c1cc2ccc(CN)nc2n1Cc1cc(CS(=O)(=O)Cc2ccsc2)cc2ccccc12. The maximum atomic E-state index is 13.4. The molecule has 3 heterocycles. The van der Waals surface area contributed by atoms with Crippen molar-refractivity contribution in [3.8, 4) is 0 Å². The Kier molecular flexibility index (Phi) is 9.24. The molecule has 0 radical (unpaired) electrons. The van der Waals surface area contributed by atoms with E-state index < -0.39 is 15.8 Å². The second-order valence-corrected chi connectivity index (χ2v) is 13.5. The van der Waals surface area contributed by atoms with Crippen LogP contribution in [-0.2, 0) is 44.0 Å². The lowest BCUT2D eigenvalue weighted by molar-refractivity contribution is -0.128. The number of rotatable bonds is 12. The molecule has 43 heavy (non-hydrogen) atoms. The number of aromatic nitrogens is 2. The maximum absolute atomic E-state index is 13.4. The highest BCUT2D eigenvalue weighted by Gasteiger charge is 2.21. The molecule has 2 N–H and O–H groups in total. The number of sulfone groups is 1. The molecule has 0 spiro atoms. The summed E-state index contributed by atoms with van der Waals surface area (Å²) in [6.45, 7) is 0.593. The van der Waals surface area contributed by atoms with E-state index in [0.717, 1.165) is 27.3 Å². The minimum atomic E-state index is -3.42. The number of benzene rings is 2. The van der Waals surface area contributed by atoms with Gasteiger partial charge in [0.25, 0.3) is 0 Å². The van der Waals surface area contributed by atoms with Crippen LogP contribution in [0, 0.1) is 0 Å². The van der Waals surface area contributed by atoms with Crippen molar-refractivity contribution < 1.29 is 22.7 Å². The summed E-state index contributed by atoms with van der Waals surface area (Å²) in [5, 5.41) is 6.33. The van der Waals surface area contributed by atoms with Crippen LogP contribution in [0.1, 0.15) is 45.7 Å². The molecule has 1 amide bonds. The number of nitrogens with zero attached hydrogens (tertiary/aromatic N) is 3. The Morgan fingerprint density at radius 2 is 1.79 bits per heavy atom. The summed E-state index contributed by atoms with van der Waals surface area (Å²) in [5.74, 6) is -0.692. The van der Waals surface area contributed by atoms with E-state index in [9.17, 15) is 18.0 Å². The monoisotopic (exact) mass is 618 g/mol. The lowest BCUT2D eigenvalue weighted by Crippen LogP contribution is -2.22. The Labute approximate surface area is 254 Å². The number of carbonyl (C=O) groups excluding carboxylic acids is 2. The third-order valence-electron chi connectivity index (χ3n) is 7.18. The van der Waals surface area contributed by atoms with Crippen LogP contribution >= 0.6 is 11.3 Å². The molecule has 9 nitrogen and oxygen atoms in total. The molecule has 5 rings (SSSR count). The average molecular weight is 619 g/mol. The van der Waals surface area contributed by atoms with Crippen molar-refractivity contribution in [1.29, 1.82) is 0 Å². The fraction of sp³-hybridized carbons (Fsp3) is 0.281. The number of hydrogen-bond acceptors (Lipinski definition) is 8. The Bertz CT molecular complexity index is 1880. The van der Waals surface area contributed by atoms with Gasteiger partial charge in [0.1, 0.15) is 11.3 Å². The molecule has 0 saturated heterocycles. The van der Waals surface area contributed by atoms with Crippen molar-refractivity contribution in [1.82, 2.24) is 14.5 Å². The van der Waals surface area contributed by atoms with Gasteiger partial charge in [0, 0.05) is 32.4 Å². The third-order valence-corrected chi connectivity index (χ3v) is 9.45. The Hall–Kier alpha value is -4.06. The smallest absolute Gasteiger partial charge is 0.355 e. The molecule has 224 valence electrons. The first-order chi connectivity index (χ1) is 20.6. The normalized spacial score (nSPS) is 11.7. The minimum Gasteiger partial charge on any atom is -0.461 e. The largest absolute Gasteiger partial charge is 0.461 e. The van der Waals surface area contributed by atoms with Gasteiger partial charge in [-0.15, -0.1) is 0 Å². The molecule has 0 atom stereocenters. The van der Waals surface area contributed by atoms with Gasteiger partial charge in [0.2, 0.25) is 5.91 Å². The zero-order valence-electron chi connectivity index (χ0n) is 24.2. The molecule has 0 aliphatic heterocycles. The van der Waals surface area contributed by atoms with Crippen molar-refractivity contribution >= 4 is 54.9 Å². The number of carbonyl (C=O) groups is 2. The lowest BCUT2D eigenvalue weighted by Gasteiger charge is -2.15. The quantitative estimate of drug-likeness (QED) is 0.156. The predicted octanol–water partition coefficient (Wildman–Crippen LogP) is 4.90. The van der Waals surface area contributed by atoms with Crippen molar-refractivity contribution in [2.45, 2.75) is 37.4 Å². The summed E-state index contributed by atoms with van der Waals surface area (Å²) in [5.41, 5.74) is 9.76. The number of fused-ring (bicyclic) bond motifs is 2. The van der Waals surface area contributed by atoms with Crippen molar-refractivity contribution in [2.24, 2.45) is 5.73 Å². The number of pyridine rings is 1. The topological polar surface area (TPSA) is 125 Å². The summed E-state index contributed by atoms with van der Waals surface area (Å²) < 4.78 is 33.6. The van der Waals surface area contributed by atoms with E-state index in [4.69, 9.17) is 15.5 Å². The van der Waals surface area contributed by atoms with Gasteiger partial charge >= 0.3 is 5.97 Å². The van der Waals surface area contributed by atoms with Crippen LogP contribution in [0.4, 0.5) is 0 Å². The summed E-state index contributed by atoms with van der Waals surface area (Å²) in [4.78, 5) is 31.5. The van der Waals surface area contributed by atoms with Crippen LogP contribution in [0.3, 0.4) is 0 Å². The van der Waals surface area contributed by atoms with Gasteiger partial charge in [-0.25, -0.2) is 18.2 Å². The molecule has 0 bridgehead atoms. The zero-order valence-corrected chi connectivity index (χ0v) is 25.8. The second-order valence-electron chi connectivity index (χ2n) is 10.7. The fourth-order valence-corrected chi connectivity index (χ4v) is 7.31. The molecule has 5 aromatic rings. The molecule has 0 saturated carbocycles. The van der Waals surface area contributed by atoms with Gasteiger partial charge in [0.05, 0.1) is 30.4 Å². The number of amides is 1. The molecule has 0 aliphatic rings. The number of hydrogen-bond donors (Lipinski definition) is 1. The number of nitrogens with two attached hydrogens (primary N) is 1. The van der Waals surface area contributed by atoms with Crippen LogP contribution in [-0.4, -0.2) is 55.4 Å². The fourth-order valence-electron chi connectivity index (χ4n) is 5.07. The molecule has 11 heteroatoms. The maximum Gasteiger partial charge on any atom is 0.355 e. The molecule has 0 unspecified atom stereocenters. The van der Waals surface area contributed by atoms with Crippen LogP contribution < -0.4 is 5.73 Å². The van der Waals surface area contributed by atoms with Crippen molar-refractivity contribution in [2.75, 3.05) is 20.7 Å². The highest BCUT2D eigenvalue weighted by molar-refractivity contribution is 7.89. The van der Waals surface area contributed by atoms with Crippen LogP contribution in [0.15, 0.2) is 71.4 Å². The van der Waals surface area contributed by atoms with E-state index in [0.29, 0.717) is 29.0 Å². The van der Waals surface area contributed by atoms with Gasteiger partial charge in [-0.2, -0.15) is 11.3 Å². The third kappa shape index (κ3) is 7.30. The molecule has 2 aromatic carbocycles. The first kappa shape index (κ1) is 30.4. The van der Waals surface area contributed by atoms with Gasteiger partial charge in [-0.05, 0) is 68.9 Å². The number of esters is 1. The Balaban J connectivity index is 1.49.